The average molecular weight is 425 g/mol. The quantitative estimate of drug-likeness (QED) is 0.571. The van der Waals surface area contributed by atoms with Gasteiger partial charge in [-0.2, -0.15) is 4.98 Å². The van der Waals surface area contributed by atoms with E-state index in [9.17, 15) is 9.18 Å². The molecule has 0 saturated heterocycles. The maximum absolute atomic E-state index is 13.8. The van der Waals surface area contributed by atoms with Crippen molar-refractivity contribution in [1.82, 2.24) is 15.0 Å². The third-order valence-corrected chi connectivity index (χ3v) is 5.19. The Hall–Kier alpha value is -3.42. The van der Waals surface area contributed by atoms with E-state index in [4.69, 9.17) is 14.0 Å². The van der Waals surface area contributed by atoms with E-state index in [1.165, 1.54) is 6.07 Å². The molecule has 0 fully saturated rings. The molecule has 31 heavy (non-hydrogen) atoms. The van der Waals surface area contributed by atoms with Gasteiger partial charge in [-0.25, -0.2) is 4.39 Å². The van der Waals surface area contributed by atoms with E-state index in [0.29, 0.717) is 67.1 Å². The number of aromatic nitrogens is 2. The predicted molar refractivity (Wildman–Crippen MR) is 111 cm³/mol. The summed E-state index contributed by atoms with van der Waals surface area (Å²) < 4.78 is 30.4. The number of para-hydroxylation sites is 1. The summed E-state index contributed by atoms with van der Waals surface area (Å²) in [5.41, 5.74) is 2.00. The van der Waals surface area contributed by atoms with Gasteiger partial charge in [0.05, 0.1) is 0 Å². The number of hydrogen-bond donors (Lipinski definition) is 0. The number of rotatable bonds is 7. The number of halogens is 1. The van der Waals surface area contributed by atoms with Gasteiger partial charge < -0.3 is 18.9 Å². The highest BCUT2D eigenvalue weighted by molar-refractivity contribution is 5.76. The second kappa shape index (κ2) is 9.16. The minimum atomic E-state index is -0.324. The number of hydrogen-bond acceptors (Lipinski definition) is 6. The van der Waals surface area contributed by atoms with Crippen LogP contribution in [0.5, 0.6) is 11.5 Å². The van der Waals surface area contributed by atoms with Crippen LogP contribution in [0.4, 0.5) is 4.39 Å². The van der Waals surface area contributed by atoms with E-state index >= 15 is 0 Å². The Balaban J connectivity index is 1.39. The Labute approximate surface area is 179 Å². The molecule has 4 rings (SSSR count). The molecule has 2 aromatic carbocycles. The average Bonchev–Trinajstić information content (AvgIpc) is 3.27. The lowest BCUT2D eigenvalue weighted by molar-refractivity contribution is -0.131. The van der Waals surface area contributed by atoms with Crippen LogP contribution in [0.15, 0.2) is 40.9 Å². The number of fused-ring (bicyclic) bond motifs is 1. The van der Waals surface area contributed by atoms with Crippen molar-refractivity contribution in [2.24, 2.45) is 0 Å². The second-order valence-corrected chi connectivity index (χ2v) is 7.32. The standard InChI is InChI=1S/C23H24FN3O4/c1-3-27(14-17-5-4-6-19-22(17)30-12-11-29-19)21(28)10-9-20-25-23(26-31-20)16-8-7-15(2)18(24)13-16/h4-8,13H,3,9-12,14H2,1-2H3. The first-order chi connectivity index (χ1) is 15.0. The van der Waals surface area contributed by atoms with E-state index in [-0.39, 0.29) is 18.1 Å². The third kappa shape index (κ3) is 4.68. The fourth-order valence-corrected chi connectivity index (χ4v) is 3.42. The smallest absolute Gasteiger partial charge is 0.227 e. The van der Waals surface area contributed by atoms with Crippen molar-refractivity contribution in [3.63, 3.8) is 0 Å². The first kappa shape index (κ1) is 20.8. The van der Waals surface area contributed by atoms with Gasteiger partial charge in [-0.3, -0.25) is 4.79 Å². The Bertz CT molecular complexity index is 1080. The lowest BCUT2D eigenvalue weighted by Gasteiger charge is -2.25. The minimum Gasteiger partial charge on any atom is -0.486 e. The van der Waals surface area contributed by atoms with Crippen molar-refractivity contribution in [2.45, 2.75) is 33.2 Å². The van der Waals surface area contributed by atoms with Crippen LogP contribution in [0.25, 0.3) is 11.4 Å². The topological polar surface area (TPSA) is 77.7 Å². The number of ether oxygens (including phenoxy) is 2. The highest BCUT2D eigenvalue weighted by atomic mass is 19.1. The Kier molecular flexibility index (Phi) is 6.16. The van der Waals surface area contributed by atoms with E-state index in [1.54, 1.807) is 24.0 Å². The van der Waals surface area contributed by atoms with Gasteiger partial charge in [0.15, 0.2) is 11.5 Å². The highest BCUT2D eigenvalue weighted by Gasteiger charge is 2.20. The molecule has 1 aliphatic heterocycles. The number of benzene rings is 2. The van der Waals surface area contributed by atoms with Gasteiger partial charge in [-0.15, -0.1) is 0 Å². The lowest BCUT2D eigenvalue weighted by Crippen LogP contribution is -2.31. The maximum Gasteiger partial charge on any atom is 0.227 e. The van der Waals surface area contributed by atoms with Crippen LogP contribution >= 0.6 is 0 Å². The Morgan fingerprint density at radius 1 is 1.19 bits per heavy atom. The summed E-state index contributed by atoms with van der Waals surface area (Å²) in [7, 11) is 0. The van der Waals surface area contributed by atoms with Crippen LogP contribution in [0.1, 0.15) is 30.4 Å². The van der Waals surface area contributed by atoms with Crippen LogP contribution in [-0.2, 0) is 17.8 Å². The van der Waals surface area contributed by atoms with E-state index in [2.05, 4.69) is 10.1 Å². The molecule has 3 aromatic rings. The van der Waals surface area contributed by atoms with Gasteiger partial charge in [0.1, 0.15) is 19.0 Å². The van der Waals surface area contributed by atoms with Crippen molar-refractivity contribution < 1.29 is 23.2 Å². The third-order valence-electron chi connectivity index (χ3n) is 5.19. The second-order valence-electron chi connectivity index (χ2n) is 7.32. The molecule has 8 heteroatoms. The van der Waals surface area contributed by atoms with Crippen LogP contribution in [-0.4, -0.2) is 40.7 Å². The van der Waals surface area contributed by atoms with E-state index in [0.717, 1.165) is 5.56 Å². The summed E-state index contributed by atoms with van der Waals surface area (Å²) >= 11 is 0. The molecule has 0 bridgehead atoms. The zero-order valence-corrected chi connectivity index (χ0v) is 17.6. The summed E-state index contributed by atoms with van der Waals surface area (Å²) in [4.78, 5) is 18.8. The molecule has 1 aromatic heterocycles. The maximum atomic E-state index is 13.8. The largest absolute Gasteiger partial charge is 0.486 e. The van der Waals surface area contributed by atoms with Gasteiger partial charge in [0.2, 0.25) is 17.6 Å². The number of nitrogens with zero attached hydrogens (tertiary/aromatic N) is 3. The summed E-state index contributed by atoms with van der Waals surface area (Å²) in [5, 5.41) is 3.91. The van der Waals surface area contributed by atoms with Crippen molar-refractivity contribution >= 4 is 5.91 Å². The van der Waals surface area contributed by atoms with Gasteiger partial charge in [0.25, 0.3) is 0 Å². The fraction of sp³-hybridized carbons (Fsp3) is 0.348. The number of aryl methyl sites for hydroxylation is 2. The molecule has 7 nitrogen and oxygen atoms in total. The van der Waals surface area contributed by atoms with E-state index in [1.807, 2.05) is 25.1 Å². The van der Waals surface area contributed by atoms with Gasteiger partial charge >= 0.3 is 0 Å². The zero-order chi connectivity index (χ0) is 21.8. The molecule has 0 saturated carbocycles. The number of amides is 1. The minimum absolute atomic E-state index is 0.0297. The molecule has 162 valence electrons. The highest BCUT2D eigenvalue weighted by Crippen LogP contribution is 2.34. The van der Waals surface area contributed by atoms with Crippen molar-refractivity contribution in [3.05, 3.63) is 59.2 Å². The van der Waals surface area contributed by atoms with Crippen molar-refractivity contribution in [3.8, 4) is 22.9 Å². The van der Waals surface area contributed by atoms with Gasteiger partial charge in [0, 0.05) is 37.1 Å². The summed E-state index contributed by atoms with van der Waals surface area (Å²) in [6, 6.07) is 10.5. The first-order valence-electron chi connectivity index (χ1n) is 10.3. The molecule has 0 radical (unpaired) electrons. The molecule has 0 spiro atoms. The summed E-state index contributed by atoms with van der Waals surface area (Å²) in [6.07, 6.45) is 0.535. The molecule has 0 unspecified atom stereocenters. The Morgan fingerprint density at radius 2 is 2.03 bits per heavy atom. The fourth-order valence-electron chi connectivity index (χ4n) is 3.42. The molecule has 1 aliphatic rings. The molecule has 1 amide bonds. The van der Waals surface area contributed by atoms with E-state index < -0.39 is 0 Å². The SMILES string of the molecule is CCN(Cc1cccc2c1OCCO2)C(=O)CCc1nc(-c2ccc(C)c(F)c2)no1. The van der Waals surface area contributed by atoms with Gasteiger partial charge in [-0.1, -0.05) is 29.4 Å². The van der Waals surface area contributed by atoms with Crippen molar-refractivity contribution in [2.75, 3.05) is 19.8 Å². The zero-order valence-electron chi connectivity index (χ0n) is 17.6. The molecule has 0 atom stereocenters. The number of carbonyl (C=O) groups is 1. The molecular weight excluding hydrogens is 401 g/mol. The summed E-state index contributed by atoms with van der Waals surface area (Å²) in [6.45, 7) is 5.63. The number of carbonyl (C=O) groups excluding carboxylic acids is 1. The lowest BCUT2D eigenvalue weighted by atomic mass is 10.1. The van der Waals surface area contributed by atoms with Crippen LogP contribution in [0.3, 0.4) is 0 Å². The molecule has 0 N–H and O–H groups in total. The predicted octanol–water partition coefficient (Wildman–Crippen LogP) is 3.94. The molecular formula is C23H24FN3O4. The Morgan fingerprint density at radius 3 is 2.84 bits per heavy atom. The van der Waals surface area contributed by atoms with Crippen LogP contribution in [0.2, 0.25) is 0 Å². The van der Waals surface area contributed by atoms with Crippen LogP contribution < -0.4 is 9.47 Å². The normalized spacial score (nSPS) is 12.6. The molecule has 2 heterocycles. The summed E-state index contributed by atoms with van der Waals surface area (Å²) in [5.74, 6) is 1.70. The van der Waals surface area contributed by atoms with Crippen LogP contribution in [0, 0.1) is 12.7 Å². The monoisotopic (exact) mass is 425 g/mol. The van der Waals surface area contributed by atoms with Crippen molar-refractivity contribution in [1.29, 1.82) is 0 Å². The van der Waals surface area contributed by atoms with Gasteiger partial charge in [-0.05, 0) is 31.5 Å². The molecule has 0 aliphatic carbocycles. The first-order valence-corrected chi connectivity index (χ1v) is 10.3.